The first-order valence-electron chi connectivity index (χ1n) is 11.7. The number of unbranched alkanes of at least 4 members (excludes halogenated alkanes) is 1. The summed E-state index contributed by atoms with van der Waals surface area (Å²) < 4.78 is 0. The molecular formula is C24H30N4O4. The lowest BCUT2D eigenvalue weighted by atomic mass is 9.71. The zero-order valence-electron chi connectivity index (χ0n) is 18.3. The summed E-state index contributed by atoms with van der Waals surface area (Å²) >= 11 is 0. The molecule has 1 unspecified atom stereocenters. The normalized spacial score (nSPS) is 25.0. The van der Waals surface area contributed by atoms with Crippen LogP contribution in [0.15, 0.2) is 18.2 Å². The molecular weight excluding hydrogens is 408 g/mol. The highest BCUT2D eigenvalue weighted by Crippen LogP contribution is 2.43. The second-order valence-corrected chi connectivity index (χ2v) is 9.75. The molecule has 1 atom stereocenters. The lowest BCUT2D eigenvalue weighted by Gasteiger charge is -2.55. The Morgan fingerprint density at radius 2 is 1.91 bits per heavy atom. The number of hydrogen-bond acceptors (Lipinski definition) is 6. The van der Waals surface area contributed by atoms with Gasteiger partial charge in [0.05, 0.1) is 0 Å². The van der Waals surface area contributed by atoms with Crippen molar-refractivity contribution in [2.24, 2.45) is 5.41 Å². The van der Waals surface area contributed by atoms with Gasteiger partial charge in [0.25, 0.3) is 5.91 Å². The number of hydrogen-bond donors (Lipinski definition) is 1. The van der Waals surface area contributed by atoms with Crippen molar-refractivity contribution in [1.29, 1.82) is 0 Å². The first-order chi connectivity index (χ1) is 15.5. The van der Waals surface area contributed by atoms with Gasteiger partial charge in [-0.1, -0.05) is 6.07 Å². The molecule has 170 valence electrons. The van der Waals surface area contributed by atoms with Crippen molar-refractivity contribution in [3.05, 3.63) is 29.3 Å². The Bertz CT molecular complexity index is 945. The van der Waals surface area contributed by atoms with E-state index >= 15 is 0 Å². The van der Waals surface area contributed by atoms with E-state index < -0.39 is 6.04 Å². The summed E-state index contributed by atoms with van der Waals surface area (Å²) in [5, 5.41) is 2.35. The molecule has 0 radical (unpaired) electrons. The summed E-state index contributed by atoms with van der Waals surface area (Å²) in [6.07, 6.45) is 5.61. The van der Waals surface area contributed by atoms with Crippen molar-refractivity contribution in [1.82, 2.24) is 15.1 Å². The first-order valence-corrected chi connectivity index (χ1v) is 11.7. The van der Waals surface area contributed by atoms with Gasteiger partial charge in [0.15, 0.2) is 0 Å². The minimum absolute atomic E-state index is 0.116. The standard InChI is InChI=1S/C24H30N4O4/c29-12-2-1-9-26-10-7-24(8-11-26)15-27(16-24)18-4-3-17-14-28(23(32)19(17)13-18)20-5-6-21(30)25-22(20)31/h3-4,12-13,20H,1-2,5-11,14-16H2,(H,25,30,31). The topological polar surface area (TPSA) is 90.0 Å². The fraction of sp³-hybridized carbons (Fsp3) is 0.583. The largest absolute Gasteiger partial charge is 0.370 e. The maximum Gasteiger partial charge on any atom is 0.255 e. The van der Waals surface area contributed by atoms with E-state index in [0.29, 0.717) is 30.4 Å². The Morgan fingerprint density at radius 3 is 2.62 bits per heavy atom. The third-order valence-corrected chi connectivity index (χ3v) is 7.64. The van der Waals surface area contributed by atoms with Crippen LogP contribution in [0.4, 0.5) is 5.69 Å². The average Bonchev–Trinajstić information content (AvgIpc) is 3.08. The molecule has 3 amide bonds. The molecule has 4 aliphatic heterocycles. The van der Waals surface area contributed by atoms with Crippen molar-refractivity contribution >= 4 is 29.7 Å². The fourth-order valence-electron chi connectivity index (χ4n) is 5.65. The molecule has 0 saturated carbocycles. The van der Waals surface area contributed by atoms with E-state index in [1.807, 2.05) is 12.1 Å². The Balaban J connectivity index is 1.19. The highest BCUT2D eigenvalue weighted by molar-refractivity contribution is 6.05. The zero-order chi connectivity index (χ0) is 22.3. The van der Waals surface area contributed by atoms with Crippen LogP contribution in [0.5, 0.6) is 0 Å². The summed E-state index contributed by atoms with van der Waals surface area (Å²) in [5.41, 5.74) is 3.06. The predicted molar refractivity (Wildman–Crippen MR) is 118 cm³/mol. The Kier molecular flexibility index (Phi) is 5.49. The lowest BCUT2D eigenvalue weighted by Crippen LogP contribution is -2.60. The molecule has 32 heavy (non-hydrogen) atoms. The molecule has 1 aromatic carbocycles. The van der Waals surface area contributed by atoms with Crippen molar-refractivity contribution in [3.63, 3.8) is 0 Å². The Morgan fingerprint density at radius 1 is 1.12 bits per heavy atom. The molecule has 5 rings (SSSR count). The summed E-state index contributed by atoms with van der Waals surface area (Å²) in [7, 11) is 0. The van der Waals surface area contributed by atoms with Gasteiger partial charge in [0.1, 0.15) is 12.3 Å². The number of carbonyl (C=O) groups excluding carboxylic acids is 4. The van der Waals surface area contributed by atoms with Gasteiger partial charge in [-0.05, 0) is 63.0 Å². The SMILES string of the molecule is O=CCCCN1CCC2(CC1)CN(c1ccc3c(c1)C(=O)N(C1CCC(=O)NC1=O)C3)C2. The summed E-state index contributed by atoms with van der Waals surface area (Å²) in [4.78, 5) is 53.7. The van der Waals surface area contributed by atoms with E-state index in [1.165, 1.54) is 12.8 Å². The number of imide groups is 1. The third kappa shape index (κ3) is 3.81. The number of likely N-dealkylation sites (tertiary alicyclic amines) is 1. The number of carbonyl (C=O) groups is 4. The Hall–Kier alpha value is -2.74. The number of fused-ring (bicyclic) bond motifs is 1. The predicted octanol–water partition coefficient (Wildman–Crippen LogP) is 1.33. The molecule has 8 nitrogen and oxygen atoms in total. The van der Waals surface area contributed by atoms with Gasteiger partial charge < -0.3 is 19.5 Å². The third-order valence-electron chi connectivity index (χ3n) is 7.64. The fourth-order valence-corrected chi connectivity index (χ4v) is 5.65. The highest BCUT2D eigenvalue weighted by Gasteiger charge is 2.45. The molecule has 0 aromatic heterocycles. The minimum Gasteiger partial charge on any atom is -0.370 e. The van der Waals surface area contributed by atoms with E-state index in [-0.39, 0.29) is 24.1 Å². The van der Waals surface area contributed by atoms with Gasteiger partial charge in [-0.2, -0.15) is 0 Å². The molecule has 1 aromatic rings. The van der Waals surface area contributed by atoms with Crippen molar-refractivity contribution in [3.8, 4) is 0 Å². The van der Waals surface area contributed by atoms with E-state index in [2.05, 4.69) is 21.2 Å². The van der Waals surface area contributed by atoms with E-state index in [4.69, 9.17) is 0 Å². The van der Waals surface area contributed by atoms with Crippen LogP contribution < -0.4 is 10.2 Å². The quantitative estimate of drug-likeness (QED) is 0.409. The van der Waals surface area contributed by atoms with Crippen LogP contribution in [0.2, 0.25) is 0 Å². The molecule has 0 aliphatic carbocycles. The van der Waals surface area contributed by atoms with Crippen LogP contribution in [-0.4, -0.2) is 72.6 Å². The van der Waals surface area contributed by atoms with E-state index in [1.54, 1.807) is 4.90 Å². The minimum atomic E-state index is -0.569. The molecule has 1 N–H and O–H groups in total. The second kappa shape index (κ2) is 8.31. The van der Waals surface area contributed by atoms with Crippen LogP contribution in [0.1, 0.15) is 54.4 Å². The smallest absolute Gasteiger partial charge is 0.255 e. The van der Waals surface area contributed by atoms with Gasteiger partial charge >= 0.3 is 0 Å². The van der Waals surface area contributed by atoms with E-state index in [0.717, 1.165) is 56.7 Å². The maximum atomic E-state index is 13.1. The van der Waals surface area contributed by atoms with Gasteiger partial charge in [0, 0.05) is 49.1 Å². The van der Waals surface area contributed by atoms with Crippen LogP contribution >= 0.6 is 0 Å². The Labute approximate surface area is 187 Å². The summed E-state index contributed by atoms with van der Waals surface area (Å²) in [6, 6.07) is 5.50. The van der Waals surface area contributed by atoms with E-state index in [9.17, 15) is 19.2 Å². The van der Waals surface area contributed by atoms with Crippen molar-refractivity contribution < 1.29 is 19.2 Å². The summed E-state index contributed by atoms with van der Waals surface area (Å²) in [6.45, 7) is 5.64. The highest BCUT2D eigenvalue weighted by atomic mass is 16.2. The molecule has 8 heteroatoms. The molecule has 4 heterocycles. The number of anilines is 1. The number of nitrogens with one attached hydrogen (secondary N) is 1. The number of rotatable bonds is 6. The molecule has 3 fully saturated rings. The van der Waals surface area contributed by atoms with Gasteiger partial charge in [-0.15, -0.1) is 0 Å². The number of nitrogens with zero attached hydrogens (tertiary/aromatic N) is 3. The average molecular weight is 439 g/mol. The van der Waals surface area contributed by atoms with Crippen LogP contribution in [0.25, 0.3) is 0 Å². The number of amides is 3. The molecule has 3 saturated heterocycles. The van der Waals surface area contributed by atoms with Crippen LogP contribution in [-0.2, 0) is 20.9 Å². The van der Waals surface area contributed by atoms with Gasteiger partial charge in [-0.25, -0.2) is 0 Å². The first kappa shape index (κ1) is 21.1. The van der Waals surface area contributed by atoms with Crippen LogP contribution in [0.3, 0.4) is 0 Å². The lowest BCUT2D eigenvalue weighted by molar-refractivity contribution is -0.136. The monoisotopic (exact) mass is 438 g/mol. The summed E-state index contributed by atoms with van der Waals surface area (Å²) in [5.74, 6) is -0.753. The molecule has 1 spiro atoms. The van der Waals surface area contributed by atoms with Crippen LogP contribution in [0, 0.1) is 5.41 Å². The van der Waals surface area contributed by atoms with Gasteiger partial charge in [0.2, 0.25) is 11.8 Å². The molecule has 0 bridgehead atoms. The number of benzene rings is 1. The molecule has 4 aliphatic rings. The van der Waals surface area contributed by atoms with Crippen molar-refractivity contribution in [2.45, 2.75) is 51.1 Å². The number of piperidine rings is 2. The van der Waals surface area contributed by atoms with Gasteiger partial charge in [-0.3, -0.25) is 19.7 Å². The number of aldehydes is 1. The maximum absolute atomic E-state index is 13.1. The van der Waals surface area contributed by atoms with Crippen molar-refractivity contribution in [2.75, 3.05) is 37.6 Å². The zero-order valence-corrected chi connectivity index (χ0v) is 18.3. The second-order valence-electron chi connectivity index (χ2n) is 9.75.